The van der Waals surface area contributed by atoms with Gasteiger partial charge in [-0.3, -0.25) is 39.2 Å². The maximum Gasteiger partial charge on any atom is 0.262 e. The number of unbranched alkanes of at least 4 members (excludes halogenated alkanes) is 1. The first-order valence-corrected chi connectivity index (χ1v) is 18.8. The van der Waals surface area contributed by atoms with Gasteiger partial charge in [-0.05, 0) is 99.6 Å². The average molecular weight is 750 g/mol. The van der Waals surface area contributed by atoms with Gasteiger partial charge >= 0.3 is 0 Å². The smallest absolute Gasteiger partial charge is 0.262 e. The molecule has 0 bridgehead atoms. The molecule has 4 aromatic rings. The third-order valence-electron chi connectivity index (χ3n) is 11.0. The first-order valence-electron chi connectivity index (χ1n) is 18.8. The third-order valence-corrected chi connectivity index (χ3v) is 11.0. The van der Waals surface area contributed by atoms with Crippen molar-refractivity contribution in [3.05, 3.63) is 82.0 Å². The number of imide groups is 2. The van der Waals surface area contributed by atoms with Gasteiger partial charge in [0, 0.05) is 69.0 Å². The number of pyridine rings is 2. The average Bonchev–Trinajstić information content (AvgIpc) is 3.44. The number of nitrogens with one attached hydrogen (secondary N) is 2. The molecular weight excluding hydrogens is 702 g/mol. The largest absolute Gasteiger partial charge is 0.496 e. The van der Waals surface area contributed by atoms with Gasteiger partial charge in [0.1, 0.15) is 17.5 Å². The summed E-state index contributed by atoms with van der Waals surface area (Å²) in [5.74, 6) is -0.534. The molecule has 3 aliphatic heterocycles. The Balaban J connectivity index is 0.883. The molecular formula is C41H47N7O7. The Hall–Kier alpha value is -5.60. The zero-order valence-electron chi connectivity index (χ0n) is 31.7. The van der Waals surface area contributed by atoms with Crippen LogP contribution in [0.2, 0.25) is 0 Å². The Bertz CT molecular complexity index is 2190. The SMILES string of the molecule is COc1cc(-c2cn(C)c(=O)c3cnccc23)cc(OC)c1CN(C)CCCCNC1CCN(c2ccc3c(c2)C(=O)N(C2CCC(=O)NC2=O)C3=O)CC1. The maximum atomic E-state index is 13.3. The molecule has 288 valence electrons. The van der Waals surface area contributed by atoms with E-state index in [1.807, 2.05) is 30.5 Å². The normalized spacial score (nSPS) is 17.7. The molecule has 2 fully saturated rings. The van der Waals surface area contributed by atoms with Gasteiger partial charge in [0.05, 0.1) is 36.3 Å². The standard InChI is InChI=1S/C41H47N7O7/c1-45(23-33-35(54-3)19-25(20-36(33)55-4)32-24-46(2)39(51)31-22-42-15-11-28(31)32)16-6-5-14-43-26-12-17-47(18-13-26)27-7-8-29-30(21-27)41(53)48(40(29)52)34-9-10-37(49)44-38(34)50/h7-8,11,15,19-22,24,26,34,43H,5-6,9-10,12-14,16-18,23H2,1-4H3,(H,44,49,50). The van der Waals surface area contributed by atoms with Crippen LogP contribution in [-0.4, -0.2) is 103 Å². The molecule has 1 atom stereocenters. The molecule has 14 heteroatoms. The molecule has 0 radical (unpaired) electrons. The maximum absolute atomic E-state index is 13.3. The molecule has 55 heavy (non-hydrogen) atoms. The number of benzene rings is 2. The van der Waals surface area contributed by atoms with E-state index in [2.05, 4.69) is 32.5 Å². The van der Waals surface area contributed by atoms with Gasteiger partial charge in [-0.25, -0.2) is 0 Å². The molecule has 7 rings (SSSR count). The number of carbonyl (C=O) groups is 4. The van der Waals surface area contributed by atoms with Crippen molar-refractivity contribution in [1.82, 2.24) is 30.0 Å². The number of nitrogens with zero attached hydrogens (tertiary/aromatic N) is 5. The highest BCUT2D eigenvalue weighted by Gasteiger charge is 2.44. The predicted molar refractivity (Wildman–Crippen MR) is 207 cm³/mol. The van der Waals surface area contributed by atoms with Crippen molar-refractivity contribution in [3.63, 3.8) is 0 Å². The summed E-state index contributed by atoms with van der Waals surface area (Å²) in [6.07, 6.45) is 9.31. The first-order chi connectivity index (χ1) is 26.6. The van der Waals surface area contributed by atoms with Crippen LogP contribution in [0.1, 0.15) is 64.8 Å². The Kier molecular flexibility index (Phi) is 11.0. The third kappa shape index (κ3) is 7.56. The van der Waals surface area contributed by atoms with E-state index in [-0.39, 0.29) is 18.4 Å². The van der Waals surface area contributed by atoms with Crippen LogP contribution in [0, 0.1) is 0 Å². The second-order valence-electron chi connectivity index (χ2n) is 14.6. The fourth-order valence-electron chi connectivity index (χ4n) is 8.00. The van der Waals surface area contributed by atoms with Crippen LogP contribution < -0.4 is 30.6 Å². The Morgan fingerprint density at radius 2 is 1.62 bits per heavy atom. The summed E-state index contributed by atoms with van der Waals surface area (Å²) in [6.45, 7) is 4.09. The van der Waals surface area contributed by atoms with E-state index in [4.69, 9.17) is 9.47 Å². The Morgan fingerprint density at radius 1 is 0.891 bits per heavy atom. The van der Waals surface area contributed by atoms with Crippen LogP contribution >= 0.6 is 0 Å². The molecule has 5 heterocycles. The number of aromatic nitrogens is 2. The lowest BCUT2D eigenvalue weighted by Crippen LogP contribution is -2.54. The lowest BCUT2D eigenvalue weighted by molar-refractivity contribution is -0.136. The van der Waals surface area contributed by atoms with Gasteiger partial charge in [0.2, 0.25) is 11.8 Å². The monoisotopic (exact) mass is 749 g/mol. The van der Waals surface area contributed by atoms with E-state index in [0.717, 1.165) is 96.0 Å². The van der Waals surface area contributed by atoms with Crippen molar-refractivity contribution in [2.75, 3.05) is 52.3 Å². The lowest BCUT2D eigenvalue weighted by atomic mass is 9.99. The number of hydrogen-bond donors (Lipinski definition) is 2. The number of carbonyl (C=O) groups excluding carboxylic acids is 4. The van der Waals surface area contributed by atoms with Crippen molar-refractivity contribution in [2.45, 2.75) is 57.2 Å². The Morgan fingerprint density at radius 3 is 2.33 bits per heavy atom. The van der Waals surface area contributed by atoms with Gasteiger partial charge in [0.15, 0.2) is 0 Å². The van der Waals surface area contributed by atoms with Crippen molar-refractivity contribution in [1.29, 1.82) is 0 Å². The number of aryl methyl sites for hydroxylation is 1. The van der Waals surface area contributed by atoms with E-state index in [0.29, 0.717) is 29.1 Å². The number of ether oxygens (including phenoxy) is 2. The minimum atomic E-state index is -0.971. The van der Waals surface area contributed by atoms with Crippen LogP contribution in [0.5, 0.6) is 11.5 Å². The molecule has 0 saturated carbocycles. The minimum Gasteiger partial charge on any atom is -0.496 e. The van der Waals surface area contributed by atoms with E-state index in [1.165, 1.54) is 0 Å². The summed E-state index contributed by atoms with van der Waals surface area (Å²) in [4.78, 5) is 72.8. The van der Waals surface area contributed by atoms with Crippen molar-refractivity contribution in [2.24, 2.45) is 7.05 Å². The van der Waals surface area contributed by atoms with E-state index in [9.17, 15) is 24.0 Å². The highest BCUT2D eigenvalue weighted by molar-refractivity contribution is 6.23. The number of amides is 4. The molecule has 4 amide bonds. The predicted octanol–water partition coefficient (Wildman–Crippen LogP) is 3.49. The molecule has 2 aromatic carbocycles. The van der Waals surface area contributed by atoms with Crippen LogP contribution in [0.15, 0.2) is 59.8 Å². The summed E-state index contributed by atoms with van der Waals surface area (Å²) in [5.41, 5.74) is 4.13. The topological polar surface area (TPSA) is 155 Å². The second-order valence-corrected chi connectivity index (χ2v) is 14.6. The number of fused-ring (bicyclic) bond motifs is 2. The molecule has 14 nitrogen and oxygen atoms in total. The highest BCUT2D eigenvalue weighted by atomic mass is 16.5. The number of rotatable bonds is 13. The number of methoxy groups -OCH3 is 2. The summed E-state index contributed by atoms with van der Waals surface area (Å²) in [6, 6.07) is 10.6. The van der Waals surface area contributed by atoms with Crippen LogP contribution in [0.25, 0.3) is 21.9 Å². The van der Waals surface area contributed by atoms with Crippen molar-refractivity contribution >= 4 is 40.1 Å². The fraction of sp³-hybridized carbons (Fsp3) is 0.415. The molecule has 0 spiro atoms. The van der Waals surface area contributed by atoms with Crippen molar-refractivity contribution in [3.8, 4) is 22.6 Å². The van der Waals surface area contributed by atoms with E-state index >= 15 is 0 Å². The lowest BCUT2D eigenvalue weighted by Gasteiger charge is -2.34. The van der Waals surface area contributed by atoms with Crippen LogP contribution in [0.4, 0.5) is 5.69 Å². The quantitative estimate of drug-likeness (QED) is 0.153. The van der Waals surface area contributed by atoms with Gasteiger partial charge in [-0.15, -0.1) is 0 Å². The number of piperidine rings is 2. The molecule has 2 aromatic heterocycles. The summed E-state index contributed by atoms with van der Waals surface area (Å²) >= 11 is 0. The van der Waals surface area contributed by atoms with Crippen molar-refractivity contribution < 1.29 is 28.7 Å². The van der Waals surface area contributed by atoms with Crippen LogP contribution in [-0.2, 0) is 23.2 Å². The molecule has 1 unspecified atom stereocenters. The summed E-state index contributed by atoms with van der Waals surface area (Å²) in [7, 11) is 7.16. The molecule has 0 aliphatic carbocycles. The first kappa shape index (κ1) is 37.7. The number of anilines is 1. The molecule has 3 aliphatic rings. The van der Waals surface area contributed by atoms with Gasteiger partial charge < -0.3 is 29.2 Å². The molecule has 2 N–H and O–H groups in total. The zero-order valence-corrected chi connectivity index (χ0v) is 31.7. The molecule has 2 saturated heterocycles. The van der Waals surface area contributed by atoms with Gasteiger partial charge in [-0.1, -0.05) is 0 Å². The number of hydrogen-bond acceptors (Lipinski definition) is 11. The van der Waals surface area contributed by atoms with E-state index < -0.39 is 29.7 Å². The summed E-state index contributed by atoms with van der Waals surface area (Å²) < 4.78 is 13.3. The Labute approximate surface area is 319 Å². The highest BCUT2D eigenvalue weighted by Crippen LogP contribution is 2.38. The van der Waals surface area contributed by atoms with Gasteiger partial charge in [0.25, 0.3) is 17.4 Å². The van der Waals surface area contributed by atoms with Crippen LogP contribution in [0.3, 0.4) is 0 Å². The van der Waals surface area contributed by atoms with Gasteiger partial charge in [-0.2, -0.15) is 0 Å². The zero-order chi connectivity index (χ0) is 38.8. The fourth-order valence-corrected chi connectivity index (χ4v) is 8.00. The second kappa shape index (κ2) is 16.0. The van der Waals surface area contributed by atoms with E-state index in [1.54, 1.807) is 50.4 Å². The minimum absolute atomic E-state index is 0.0921. The summed E-state index contributed by atoms with van der Waals surface area (Å²) in [5, 5.41) is 7.34.